The molecule has 0 aliphatic carbocycles. The Kier molecular flexibility index (Phi) is 7.85. The quantitative estimate of drug-likeness (QED) is 0.287. The Bertz CT molecular complexity index is 1650. The zero-order valence-corrected chi connectivity index (χ0v) is 23.2. The van der Waals surface area contributed by atoms with Gasteiger partial charge in [0.05, 0.1) is 9.92 Å². The number of carbonyl (C=O) groups is 2. The van der Waals surface area contributed by atoms with Gasteiger partial charge in [0.1, 0.15) is 12.4 Å². The summed E-state index contributed by atoms with van der Waals surface area (Å²) in [6.07, 6.45) is 0.0940. The Labute approximate surface area is 238 Å². The molecule has 1 unspecified atom stereocenters. The summed E-state index contributed by atoms with van der Waals surface area (Å²) >= 11 is 13.1. The highest BCUT2D eigenvalue weighted by Crippen LogP contribution is 2.32. The summed E-state index contributed by atoms with van der Waals surface area (Å²) in [5.74, 6) is -0.869. The highest BCUT2D eigenvalue weighted by molar-refractivity contribution is 7.89. The minimum absolute atomic E-state index is 0.0401. The van der Waals surface area contributed by atoms with E-state index in [9.17, 15) is 18.0 Å². The van der Waals surface area contributed by atoms with Gasteiger partial charge in [-0.05, 0) is 42.0 Å². The third-order valence-electron chi connectivity index (χ3n) is 5.97. The van der Waals surface area contributed by atoms with Crippen molar-refractivity contribution in [3.05, 3.63) is 99.0 Å². The molecule has 39 heavy (non-hydrogen) atoms. The second-order valence-electron chi connectivity index (χ2n) is 8.59. The van der Waals surface area contributed by atoms with Gasteiger partial charge in [-0.2, -0.15) is 0 Å². The second-order valence-corrected chi connectivity index (χ2v) is 12.4. The van der Waals surface area contributed by atoms with Crippen molar-refractivity contribution in [2.75, 3.05) is 11.9 Å². The number of ether oxygens (including phenoxy) is 1. The number of nitrogens with zero attached hydrogens (tertiary/aromatic N) is 3. The predicted molar refractivity (Wildman–Crippen MR) is 148 cm³/mol. The SMILES string of the molecule is O=C(Nc1nnc(COc2ccc(Cl)cc2Cl)s1)c1cccc(S(=O)(=O)N2CC(c3ccccc3)CC2=O)c1. The fourth-order valence-corrected chi connectivity index (χ4v) is 6.66. The van der Waals surface area contributed by atoms with Gasteiger partial charge in [-0.25, -0.2) is 12.7 Å². The van der Waals surface area contributed by atoms with E-state index in [-0.39, 0.29) is 41.1 Å². The van der Waals surface area contributed by atoms with Crippen LogP contribution in [-0.2, 0) is 21.4 Å². The largest absolute Gasteiger partial charge is 0.485 e. The van der Waals surface area contributed by atoms with E-state index in [1.807, 2.05) is 30.3 Å². The molecule has 0 spiro atoms. The molecule has 4 aromatic rings. The molecule has 1 saturated heterocycles. The lowest BCUT2D eigenvalue weighted by Gasteiger charge is -2.17. The molecule has 3 aromatic carbocycles. The summed E-state index contributed by atoms with van der Waals surface area (Å²) in [4.78, 5) is 25.4. The number of anilines is 1. The van der Waals surface area contributed by atoms with Crippen LogP contribution in [0.15, 0.2) is 77.7 Å². The van der Waals surface area contributed by atoms with Crippen molar-refractivity contribution < 1.29 is 22.7 Å². The number of amides is 2. The minimum Gasteiger partial charge on any atom is -0.485 e. The minimum atomic E-state index is -4.15. The molecule has 0 bridgehead atoms. The first kappa shape index (κ1) is 27.1. The molecule has 1 fully saturated rings. The molecule has 1 aromatic heterocycles. The molecular formula is C26H20Cl2N4O5S2. The zero-order chi connectivity index (χ0) is 27.6. The fraction of sp³-hybridized carbons (Fsp3) is 0.154. The number of hydrogen-bond donors (Lipinski definition) is 1. The lowest BCUT2D eigenvalue weighted by molar-refractivity contribution is -0.123. The molecule has 0 saturated carbocycles. The molecule has 1 atom stereocenters. The van der Waals surface area contributed by atoms with Gasteiger partial charge in [0, 0.05) is 29.5 Å². The summed E-state index contributed by atoms with van der Waals surface area (Å²) in [6, 6.07) is 19.7. The van der Waals surface area contributed by atoms with Gasteiger partial charge in [-0.15, -0.1) is 10.2 Å². The van der Waals surface area contributed by atoms with Crippen LogP contribution in [0.5, 0.6) is 5.75 Å². The number of rotatable bonds is 8. The second kappa shape index (κ2) is 11.3. The highest BCUT2D eigenvalue weighted by atomic mass is 35.5. The fourth-order valence-electron chi connectivity index (χ4n) is 4.05. The Balaban J connectivity index is 1.25. The topological polar surface area (TPSA) is 119 Å². The normalized spacial score (nSPS) is 15.4. The number of halogens is 2. The van der Waals surface area contributed by atoms with E-state index >= 15 is 0 Å². The number of carbonyl (C=O) groups excluding carboxylic acids is 2. The number of benzene rings is 3. The van der Waals surface area contributed by atoms with E-state index in [2.05, 4.69) is 15.5 Å². The van der Waals surface area contributed by atoms with E-state index < -0.39 is 21.8 Å². The summed E-state index contributed by atoms with van der Waals surface area (Å²) < 4.78 is 33.1. The first-order valence-corrected chi connectivity index (χ1v) is 14.6. The van der Waals surface area contributed by atoms with Crippen LogP contribution in [0.4, 0.5) is 5.13 Å². The first-order chi connectivity index (χ1) is 18.7. The van der Waals surface area contributed by atoms with Crippen molar-refractivity contribution in [2.24, 2.45) is 0 Å². The van der Waals surface area contributed by atoms with Crippen molar-refractivity contribution in [1.29, 1.82) is 0 Å². The first-order valence-electron chi connectivity index (χ1n) is 11.6. The van der Waals surface area contributed by atoms with Crippen molar-refractivity contribution in [3.63, 3.8) is 0 Å². The van der Waals surface area contributed by atoms with E-state index in [0.29, 0.717) is 20.8 Å². The third-order valence-corrected chi connectivity index (χ3v) is 9.10. The standard InChI is InChI=1S/C26H20Cl2N4O5S2/c27-19-9-10-22(21(28)13-19)37-15-23-30-31-26(38-23)29-25(34)17-7-4-8-20(11-17)39(35,36)32-14-18(12-24(32)33)16-5-2-1-3-6-16/h1-11,13,18H,12,14-15H2,(H,29,31,34). The third kappa shape index (κ3) is 6.06. The van der Waals surface area contributed by atoms with Crippen LogP contribution >= 0.6 is 34.5 Å². The number of nitrogens with one attached hydrogen (secondary N) is 1. The number of hydrogen-bond acceptors (Lipinski definition) is 8. The van der Waals surface area contributed by atoms with E-state index in [1.54, 1.807) is 18.2 Å². The van der Waals surface area contributed by atoms with Gasteiger partial charge in [0.25, 0.3) is 15.9 Å². The lowest BCUT2D eigenvalue weighted by atomic mass is 9.99. The van der Waals surface area contributed by atoms with Crippen LogP contribution in [0.1, 0.15) is 33.3 Å². The van der Waals surface area contributed by atoms with Crippen molar-refractivity contribution in [3.8, 4) is 5.75 Å². The molecule has 13 heteroatoms. The molecule has 5 rings (SSSR count). The maximum Gasteiger partial charge on any atom is 0.266 e. The Hall–Kier alpha value is -3.51. The molecule has 1 N–H and O–H groups in total. The molecule has 1 aliphatic heterocycles. The molecular weight excluding hydrogens is 583 g/mol. The van der Waals surface area contributed by atoms with E-state index in [0.717, 1.165) is 21.2 Å². The van der Waals surface area contributed by atoms with Gasteiger partial charge >= 0.3 is 0 Å². The van der Waals surface area contributed by atoms with Crippen LogP contribution in [-0.4, -0.2) is 41.3 Å². The van der Waals surface area contributed by atoms with Crippen LogP contribution in [0.2, 0.25) is 10.0 Å². The number of aromatic nitrogens is 2. The summed E-state index contributed by atoms with van der Waals surface area (Å²) in [5, 5.41) is 12.1. The highest BCUT2D eigenvalue weighted by Gasteiger charge is 2.39. The molecule has 2 amide bonds. The van der Waals surface area contributed by atoms with Crippen molar-refractivity contribution in [2.45, 2.75) is 23.8 Å². The van der Waals surface area contributed by atoms with E-state index in [4.69, 9.17) is 27.9 Å². The van der Waals surface area contributed by atoms with E-state index in [1.165, 1.54) is 24.3 Å². The Morgan fingerprint density at radius 1 is 1.05 bits per heavy atom. The maximum absolute atomic E-state index is 13.3. The Morgan fingerprint density at radius 3 is 2.62 bits per heavy atom. The Morgan fingerprint density at radius 2 is 1.85 bits per heavy atom. The van der Waals surface area contributed by atoms with Crippen LogP contribution in [0.3, 0.4) is 0 Å². The average molecular weight is 604 g/mol. The summed E-state index contributed by atoms with van der Waals surface area (Å²) in [7, 11) is -4.15. The molecule has 200 valence electrons. The number of sulfonamides is 1. The zero-order valence-electron chi connectivity index (χ0n) is 20.1. The molecule has 9 nitrogen and oxygen atoms in total. The average Bonchev–Trinajstić information content (AvgIpc) is 3.55. The van der Waals surface area contributed by atoms with Gasteiger partial charge in [0.2, 0.25) is 11.0 Å². The molecule has 2 heterocycles. The molecule has 0 radical (unpaired) electrons. The summed E-state index contributed by atoms with van der Waals surface area (Å²) in [5.41, 5.74) is 0.984. The smallest absolute Gasteiger partial charge is 0.266 e. The lowest BCUT2D eigenvalue weighted by Crippen LogP contribution is -2.32. The van der Waals surface area contributed by atoms with Gasteiger partial charge in [-0.3, -0.25) is 14.9 Å². The van der Waals surface area contributed by atoms with Crippen molar-refractivity contribution >= 4 is 61.5 Å². The molecule has 1 aliphatic rings. The maximum atomic E-state index is 13.3. The monoisotopic (exact) mass is 602 g/mol. The van der Waals surface area contributed by atoms with Crippen molar-refractivity contribution in [1.82, 2.24) is 14.5 Å². The van der Waals surface area contributed by atoms with Crippen LogP contribution < -0.4 is 10.1 Å². The van der Waals surface area contributed by atoms with Gasteiger partial charge in [0.15, 0.2) is 5.01 Å². The van der Waals surface area contributed by atoms with Crippen LogP contribution in [0, 0.1) is 0 Å². The van der Waals surface area contributed by atoms with Crippen LogP contribution in [0.25, 0.3) is 0 Å². The predicted octanol–water partition coefficient (Wildman–Crippen LogP) is 5.38. The van der Waals surface area contributed by atoms with Gasteiger partial charge in [-0.1, -0.05) is 70.9 Å². The van der Waals surface area contributed by atoms with Gasteiger partial charge < -0.3 is 4.74 Å². The summed E-state index contributed by atoms with van der Waals surface area (Å²) in [6.45, 7) is 0.106.